The van der Waals surface area contributed by atoms with Crippen LogP contribution in [0, 0.1) is 0 Å². The van der Waals surface area contributed by atoms with Gasteiger partial charge in [0.25, 0.3) is 0 Å². The fourth-order valence-corrected chi connectivity index (χ4v) is 2.83. The Bertz CT molecular complexity index is 525. The molecule has 5 nitrogen and oxygen atoms in total. The van der Waals surface area contributed by atoms with E-state index in [0.29, 0.717) is 26.3 Å². The first-order chi connectivity index (χ1) is 11.7. The van der Waals surface area contributed by atoms with Crippen molar-refractivity contribution in [3.05, 3.63) is 34.9 Å². The molecule has 0 spiro atoms. The van der Waals surface area contributed by atoms with Gasteiger partial charge in [-0.25, -0.2) is 0 Å². The molecule has 0 aromatic heterocycles. The zero-order chi connectivity index (χ0) is 17.2. The van der Waals surface area contributed by atoms with Crippen LogP contribution in [-0.4, -0.2) is 56.9 Å². The molecule has 1 unspecified atom stereocenters. The number of nitrogens with zero attached hydrogens (tertiary/aromatic N) is 2. The van der Waals surface area contributed by atoms with Gasteiger partial charge in [0.2, 0.25) is 0 Å². The lowest BCUT2D eigenvalue weighted by Crippen LogP contribution is -2.38. The minimum absolute atomic E-state index is 0. The number of hydrogen-bond acceptors (Lipinski definition) is 3. The molecule has 0 saturated carbocycles. The number of ether oxygens (including phenoxy) is 2. The normalized spacial score (nSPS) is 17.2. The monoisotopic (exact) mass is 481 g/mol. The van der Waals surface area contributed by atoms with E-state index < -0.39 is 0 Å². The average Bonchev–Trinajstić information content (AvgIpc) is 3.09. The smallest absolute Gasteiger partial charge is 0.194 e. The lowest BCUT2D eigenvalue weighted by molar-refractivity contribution is 0.0199. The summed E-state index contributed by atoms with van der Waals surface area (Å²) < 4.78 is 11.2. The highest BCUT2D eigenvalue weighted by molar-refractivity contribution is 14.0. The van der Waals surface area contributed by atoms with Crippen molar-refractivity contribution in [1.82, 2.24) is 10.2 Å². The molecule has 1 atom stereocenters. The van der Waals surface area contributed by atoms with Gasteiger partial charge in [0.1, 0.15) is 0 Å². The molecule has 7 heteroatoms. The number of nitrogens with one attached hydrogen (secondary N) is 1. The van der Waals surface area contributed by atoms with E-state index in [1.807, 2.05) is 31.3 Å². The molecule has 1 aromatic rings. The van der Waals surface area contributed by atoms with Gasteiger partial charge in [-0.15, -0.1) is 24.0 Å². The van der Waals surface area contributed by atoms with Gasteiger partial charge in [0.15, 0.2) is 5.96 Å². The summed E-state index contributed by atoms with van der Waals surface area (Å²) in [5.41, 5.74) is 1.09. The molecule has 1 fully saturated rings. The molecule has 1 saturated heterocycles. The van der Waals surface area contributed by atoms with Crippen LogP contribution in [0.1, 0.15) is 25.3 Å². The third-order valence-corrected chi connectivity index (χ3v) is 4.26. The molecule has 0 amide bonds. The molecule has 1 aromatic carbocycles. The molecule has 1 aliphatic rings. The fraction of sp³-hybridized carbons (Fsp3) is 0.611. The van der Waals surface area contributed by atoms with Crippen LogP contribution in [0.3, 0.4) is 0 Å². The van der Waals surface area contributed by atoms with Crippen LogP contribution in [0.15, 0.2) is 29.3 Å². The molecule has 1 aliphatic heterocycles. The summed E-state index contributed by atoms with van der Waals surface area (Å²) in [5.74, 6) is 0.859. The molecular formula is C18H29ClIN3O2. The zero-order valence-corrected chi connectivity index (χ0v) is 18.1. The number of hydrogen-bond donors (Lipinski definition) is 1. The van der Waals surface area contributed by atoms with Crippen molar-refractivity contribution in [1.29, 1.82) is 0 Å². The molecule has 142 valence electrons. The van der Waals surface area contributed by atoms with Gasteiger partial charge in [-0.2, -0.15) is 0 Å². The van der Waals surface area contributed by atoms with Crippen LogP contribution in [0.2, 0.25) is 5.02 Å². The molecule has 25 heavy (non-hydrogen) atoms. The number of aliphatic imine (C=N–C) groups is 1. The first kappa shape index (κ1) is 22.5. The molecule has 0 aliphatic carbocycles. The molecule has 0 radical (unpaired) electrons. The second-order valence-electron chi connectivity index (χ2n) is 5.89. The van der Waals surface area contributed by atoms with Gasteiger partial charge in [0.05, 0.1) is 25.9 Å². The summed E-state index contributed by atoms with van der Waals surface area (Å²) in [6.45, 7) is 6.36. The highest BCUT2D eigenvalue weighted by Crippen LogP contribution is 2.16. The summed E-state index contributed by atoms with van der Waals surface area (Å²) in [7, 11) is 2.01. The minimum Gasteiger partial charge on any atom is -0.377 e. The number of rotatable bonds is 8. The van der Waals surface area contributed by atoms with Crippen molar-refractivity contribution in [3.8, 4) is 0 Å². The Hall–Kier alpha value is -0.570. The van der Waals surface area contributed by atoms with Gasteiger partial charge in [-0.05, 0) is 31.4 Å². The number of benzene rings is 1. The minimum atomic E-state index is 0. The van der Waals surface area contributed by atoms with Gasteiger partial charge >= 0.3 is 0 Å². The number of halogens is 2. The van der Waals surface area contributed by atoms with E-state index in [2.05, 4.69) is 22.1 Å². The SMILES string of the molecule is CCNC(=NCCOCC1CCCO1)N(C)Cc1ccccc1Cl.I. The Balaban J connectivity index is 0.00000312. The van der Waals surface area contributed by atoms with E-state index in [1.54, 1.807) is 0 Å². The first-order valence-corrected chi connectivity index (χ1v) is 9.00. The fourth-order valence-electron chi connectivity index (χ4n) is 2.63. The zero-order valence-electron chi connectivity index (χ0n) is 15.0. The summed E-state index contributed by atoms with van der Waals surface area (Å²) in [6.07, 6.45) is 2.51. The predicted octanol–water partition coefficient (Wildman–Crippen LogP) is 3.55. The van der Waals surface area contributed by atoms with Crippen LogP contribution in [0.4, 0.5) is 0 Å². The first-order valence-electron chi connectivity index (χ1n) is 8.63. The summed E-state index contributed by atoms with van der Waals surface area (Å²) in [6, 6.07) is 7.88. The summed E-state index contributed by atoms with van der Waals surface area (Å²) in [5, 5.41) is 4.08. The second kappa shape index (κ2) is 12.7. The molecule has 1 heterocycles. The van der Waals surface area contributed by atoms with Crippen LogP contribution < -0.4 is 5.32 Å². The van der Waals surface area contributed by atoms with Crippen molar-refractivity contribution in [2.24, 2.45) is 4.99 Å². The Labute approximate surface area is 173 Å². The van der Waals surface area contributed by atoms with Crippen LogP contribution in [0.25, 0.3) is 0 Å². The Morgan fingerprint density at radius 3 is 2.92 bits per heavy atom. The maximum Gasteiger partial charge on any atom is 0.194 e. The highest BCUT2D eigenvalue weighted by atomic mass is 127. The average molecular weight is 482 g/mol. The Morgan fingerprint density at radius 2 is 2.24 bits per heavy atom. The van der Waals surface area contributed by atoms with Crippen LogP contribution >= 0.6 is 35.6 Å². The van der Waals surface area contributed by atoms with Crippen molar-refractivity contribution >= 4 is 41.5 Å². The molecule has 2 rings (SSSR count). The van der Waals surface area contributed by atoms with E-state index >= 15 is 0 Å². The van der Waals surface area contributed by atoms with Crippen LogP contribution in [-0.2, 0) is 16.0 Å². The lowest BCUT2D eigenvalue weighted by atomic mass is 10.2. The topological polar surface area (TPSA) is 46.1 Å². The Morgan fingerprint density at radius 1 is 1.44 bits per heavy atom. The van der Waals surface area contributed by atoms with Gasteiger partial charge in [-0.1, -0.05) is 29.8 Å². The van der Waals surface area contributed by atoms with E-state index in [0.717, 1.165) is 42.5 Å². The van der Waals surface area contributed by atoms with Crippen LogP contribution in [0.5, 0.6) is 0 Å². The largest absolute Gasteiger partial charge is 0.377 e. The van der Waals surface area contributed by atoms with Gasteiger partial charge in [0, 0.05) is 31.8 Å². The van der Waals surface area contributed by atoms with Gasteiger partial charge in [-0.3, -0.25) is 4.99 Å². The van der Waals surface area contributed by atoms with Gasteiger partial charge < -0.3 is 19.7 Å². The quantitative estimate of drug-likeness (QED) is 0.267. The van der Waals surface area contributed by atoms with Crippen molar-refractivity contribution in [3.63, 3.8) is 0 Å². The third-order valence-electron chi connectivity index (χ3n) is 3.89. The molecular weight excluding hydrogens is 453 g/mol. The maximum absolute atomic E-state index is 6.24. The standard InChI is InChI=1S/C18H28ClN3O2.HI/c1-3-20-18(21-10-12-23-14-16-8-6-11-24-16)22(2)13-15-7-4-5-9-17(15)19;/h4-5,7,9,16H,3,6,8,10-14H2,1-2H3,(H,20,21);1H. The Kier molecular flexibility index (Phi) is 11.4. The van der Waals surface area contributed by atoms with E-state index in [-0.39, 0.29) is 30.1 Å². The summed E-state index contributed by atoms with van der Waals surface area (Å²) >= 11 is 6.24. The van der Waals surface area contributed by atoms with E-state index in [9.17, 15) is 0 Å². The lowest BCUT2D eigenvalue weighted by Gasteiger charge is -2.22. The third kappa shape index (κ3) is 8.11. The summed E-state index contributed by atoms with van der Waals surface area (Å²) in [4.78, 5) is 6.70. The molecule has 0 bridgehead atoms. The predicted molar refractivity (Wildman–Crippen MR) is 114 cm³/mol. The van der Waals surface area contributed by atoms with Crippen molar-refractivity contribution in [2.75, 3.05) is 40.0 Å². The highest BCUT2D eigenvalue weighted by Gasteiger charge is 2.15. The van der Waals surface area contributed by atoms with E-state index in [1.165, 1.54) is 0 Å². The van der Waals surface area contributed by atoms with Crippen molar-refractivity contribution < 1.29 is 9.47 Å². The second-order valence-corrected chi connectivity index (χ2v) is 6.30. The molecule has 1 N–H and O–H groups in total. The van der Waals surface area contributed by atoms with E-state index in [4.69, 9.17) is 21.1 Å². The maximum atomic E-state index is 6.24. The number of guanidine groups is 1. The van der Waals surface area contributed by atoms with Crippen molar-refractivity contribution in [2.45, 2.75) is 32.4 Å².